The van der Waals surface area contributed by atoms with Gasteiger partial charge in [-0.05, 0) is 54.1 Å². The van der Waals surface area contributed by atoms with Crippen LogP contribution in [0.3, 0.4) is 0 Å². The van der Waals surface area contributed by atoms with Crippen molar-refractivity contribution in [3.05, 3.63) is 39.7 Å². The Morgan fingerprint density at radius 2 is 2.05 bits per heavy atom. The Kier molecular flexibility index (Phi) is 5.58. The smallest absolute Gasteiger partial charge is 0.224 e. The van der Waals surface area contributed by atoms with Crippen LogP contribution in [0.25, 0.3) is 0 Å². The SMILES string of the molecule is CCCc1nc(NCC)cc(Oc2cccc(I)c2)n1. The molecular formula is C15H18IN3O. The quantitative estimate of drug-likeness (QED) is 0.758. The molecule has 0 saturated heterocycles. The third-order valence-corrected chi connectivity index (χ3v) is 3.27. The molecule has 0 spiro atoms. The lowest BCUT2D eigenvalue weighted by molar-refractivity contribution is 0.458. The molecule has 2 aromatic rings. The minimum Gasteiger partial charge on any atom is -0.439 e. The molecule has 106 valence electrons. The topological polar surface area (TPSA) is 47.0 Å². The summed E-state index contributed by atoms with van der Waals surface area (Å²) in [5, 5.41) is 3.21. The van der Waals surface area contributed by atoms with Crippen LogP contribution >= 0.6 is 22.6 Å². The molecule has 0 unspecified atom stereocenters. The molecule has 0 amide bonds. The van der Waals surface area contributed by atoms with Crippen LogP contribution in [0.5, 0.6) is 11.6 Å². The highest BCUT2D eigenvalue weighted by atomic mass is 127. The summed E-state index contributed by atoms with van der Waals surface area (Å²) in [6, 6.07) is 9.74. The number of hydrogen-bond donors (Lipinski definition) is 1. The summed E-state index contributed by atoms with van der Waals surface area (Å²) in [5.41, 5.74) is 0. The Hall–Kier alpha value is -1.37. The molecule has 0 radical (unpaired) electrons. The molecule has 0 fully saturated rings. The van der Waals surface area contributed by atoms with E-state index in [2.05, 4.69) is 44.8 Å². The number of hydrogen-bond acceptors (Lipinski definition) is 4. The first-order valence-electron chi connectivity index (χ1n) is 6.76. The van der Waals surface area contributed by atoms with Gasteiger partial charge in [-0.15, -0.1) is 0 Å². The lowest BCUT2D eigenvalue weighted by Crippen LogP contribution is -2.04. The summed E-state index contributed by atoms with van der Waals surface area (Å²) >= 11 is 2.26. The van der Waals surface area contributed by atoms with Crippen LogP contribution in [0.4, 0.5) is 5.82 Å². The number of nitrogens with zero attached hydrogens (tertiary/aromatic N) is 2. The Morgan fingerprint density at radius 1 is 1.20 bits per heavy atom. The van der Waals surface area contributed by atoms with E-state index in [1.807, 2.05) is 37.3 Å². The summed E-state index contributed by atoms with van der Waals surface area (Å²) < 4.78 is 6.97. The van der Waals surface area contributed by atoms with E-state index in [9.17, 15) is 0 Å². The number of halogens is 1. The standard InChI is InChI=1S/C15H18IN3O/c1-3-6-13-18-14(17-4-2)10-15(19-13)20-12-8-5-7-11(16)9-12/h5,7-10H,3-4,6H2,1-2H3,(H,17,18,19). The van der Waals surface area contributed by atoms with Crippen LogP contribution in [0, 0.1) is 3.57 Å². The maximum atomic E-state index is 5.84. The van der Waals surface area contributed by atoms with E-state index in [1.165, 1.54) is 0 Å². The van der Waals surface area contributed by atoms with Gasteiger partial charge in [-0.2, -0.15) is 4.98 Å². The molecule has 1 N–H and O–H groups in total. The second-order valence-electron chi connectivity index (χ2n) is 4.35. The molecule has 1 heterocycles. The summed E-state index contributed by atoms with van der Waals surface area (Å²) in [5.74, 6) is 3.00. The van der Waals surface area contributed by atoms with E-state index < -0.39 is 0 Å². The molecule has 0 atom stereocenters. The molecule has 0 bridgehead atoms. The summed E-state index contributed by atoms with van der Waals surface area (Å²) in [4.78, 5) is 8.92. The fraction of sp³-hybridized carbons (Fsp3) is 0.333. The van der Waals surface area contributed by atoms with E-state index in [4.69, 9.17) is 4.74 Å². The Labute approximate surface area is 133 Å². The zero-order valence-electron chi connectivity index (χ0n) is 11.7. The number of anilines is 1. The average molecular weight is 383 g/mol. The van der Waals surface area contributed by atoms with Gasteiger partial charge < -0.3 is 10.1 Å². The van der Waals surface area contributed by atoms with Gasteiger partial charge in [0.2, 0.25) is 5.88 Å². The molecule has 1 aromatic heterocycles. The van der Waals surface area contributed by atoms with Crippen LogP contribution in [0.1, 0.15) is 26.1 Å². The maximum absolute atomic E-state index is 5.84. The van der Waals surface area contributed by atoms with Gasteiger partial charge in [0.1, 0.15) is 17.4 Å². The van der Waals surface area contributed by atoms with Gasteiger partial charge in [0.15, 0.2) is 0 Å². The number of aryl methyl sites for hydroxylation is 1. The van der Waals surface area contributed by atoms with Crippen LogP contribution in [0.2, 0.25) is 0 Å². The second-order valence-corrected chi connectivity index (χ2v) is 5.59. The van der Waals surface area contributed by atoms with Crippen molar-refractivity contribution in [2.75, 3.05) is 11.9 Å². The summed E-state index contributed by atoms with van der Waals surface area (Å²) in [6.45, 7) is 4.98. The lowest BCUT2D eigenvalue weighted by Gasteiger charge is -2.09. The van der Waals surface area contributed by atoms with Gasteiger partial charge in [0, 0.05) is 22.6 Å². The third kappa shape index (κ3) is 4.33. The molecule has 20 heavy (non-hydrogen) atoms. The van der Waals surface area contributed by atoms with Crippen molar-refractivity contribution in [1.29, 1.82) is 0 Å². The molecule has 0 aliphatic heterocycles. The summed E-state index contributed by atoms with van der Waals surface area (Å²) in [7, 11) is 0. The van der Waals surface area contributed by atoms with Gasteiger partial charge in [-0.1, -0.05) is 13.0 Å². The van der Waals surface area contributed by atoms with Crippen molar-refractivity contribution in [2.24, 2.45) is 0 Å². The van der Waals surface area contributed by atoms with E-state index in [0.717, 1.165) is 40.3 Å². The maximum Gasteiger partial charge on any atom is 0.224 e. The van der Waals surface area contributed by atoms with Crippen molar-refractivity contribution < 1.29 is 4.74 Å². The Bertz CT molecular complexity index is 551. The monoisotopic (exact) mass is 383 g/mol. The highest BCUT2D eigenvalue weighted by Crippen LogP contribution is 2.23. The Balaban J connectivity index is 2.25. The van der Waals surface area contributed by atoms with Gasteiger partial charge >= 0.3 is 0 Å². The molecule has 0 aliphatic rings. The first-order valence-corrected chi connectivity index (χ1v) is 7.84. The van der Waals surface area contributed by atoms with Crippen molar-refractivity contribution in [1.82, 2.24) is 9.97 Å². The normalized spacial score (nSPS) is 10.3. The first-order chi connectivity index (χ1) is 9.71. The van der Waals surface area contributed by atoms with Crippen LogP contribution < -0.4 is 10.1 Å². The number of rotatable bonds is 6. The average Bonchev–Trinajstić information content (AvgIpc) is 2.39. The molecular weight excluding hydrogens is 365 g/mol. The molecule has 1 aromatic carbocycles. The van der Waals surface area contributed by atoms with Crippen molar-refractivity contribution in [2.45, 2.75) is 26.7 Å². The van der Waals surface area contributed by atoms with E-state index in [-0.39, 0.29) is 0 Å². The molecule has 0 saturated carbocycles. The predicted octanol–water partition coefficient (Wildman–Crippen LogP) is 4.26. The number of nitrogens with one attached hydrogen (secondary N) is 1. The van der Waals surface area contributed by atoms with Gasteiger partial charge in [-0.3, -0.25) is 0 Å². The van der Waals surface area contributed by atoms with Gasteiger partial charge in [0.25, 0.3) is 0 Å². The Morgan fingerprint density at radius 3 is 2.75 bits per heavy atom. The number of benzene rings is 1. The van der Waals surface area contributed by atoms with Gasteiger partial charge in [-0.25, -0.2) is 4.98 Å². The minimum absolute atomic E-state index is 0.585. The fourth-order valence-corrected chi connectivity index (χ4v) is 2.30. The number of ether oxygens (including phenoxy) is 1. The van der Waals surface area contributed by atoms with Crippen LogP contribution in [-0.4, -0.2) is 16.5 Å². The van der Waals surface area contributed by atoms with E-state index in [1.54, 1.807) is 0 Å². The second kappa shape index (κ2) is 7.42. The highest BCUT2D eigenvalue weighted by molar-refractivity contribution is 14.1. The third-order valence-electron chi connectivity index (χ3n) is 2.60. The van der Waals surface area contributed by atoms with E-state index >= 15 is 0 Å². The summed E-state index contributed by atoms with van der Waals surface area (Å²) in [6.07, 6.45) is 1.86. The molecule has 2 rings (SSSR count). The zero-order valence-corrected chi connectivity index (χ0v) is 13.8. The van der Waals surface area contributed by atoms with Crippen LogP contribution in [-0.2, 0) is 6.42 Å². The molecule has 0 aliphatic carbocycles. The number of aromatic nitrogens is 2. The molecule has 5 heteroatoms. The van der Waals surface area contributed by atoms with Crippen molar-refractivity contribution in [3.8, 4) is 11.6 Å². The predicted molar refractivity (Wildman–Crippen MR) is 89.4 cm³/mol. The fourth-order valence-electron chi connectivity index (χ4n) is 1.78. The zero-order chi connectivity index (χ0) is 14.4. The lowest BCUT2D eigenvalue weighted by atomic mass is 10.3. The largest absolute Gasteiger partial charge is 0.439 e. The van der Waals surface area contributed by atoms with Crippen molar-refractivity contribution in [3.63, 3.8) is 0 Å². The van der Waals surface area contributed by atoms with Crippen molar-refractivity contribution >= 4 is 28.4 Å². The van der Waals surface area contributed by atoms with Crippen LogP contribution in [0.15, 0.2) is 30.3 Å². The minimum atomic E-state index is 0.585. The first kappa shape index (κ1) is 15.0. The van der Waals surface area contributed by atoms with Gasteiger partial charge in [0.05, 0.1) is 0 Å². The molecule has 4 nitrogen and oxygen atoms in total. The highest BCUT2D eigenvalue weighted by Gasteiger charge is 2.06. The van der Waals surface area contributed by atoms with E-state index in [0.29, 0.717) is 5.88 Å².